The van der Waals surface area contributed by atoms with Crippen LogP contribution in [-0.4, -0.2) is 56.9 Å². The molecular weight excluding hydrogens is 370 g/mol. The molecule has 0 spiro atoms. The largest absolute Gasteiger partial charge is 0.480 e. The number of carbonyl (C=O) groups is 1. The lowest BCUT2D eigenvalue weighted by atomic mass is 10.2. The highest BCUT2D eigenvalue weighted by Crippen LogP contribution is 2.11. The summed E-state index contributed by atoms with van der Waals surface area (Å²) in [5.41, 5.74) is 6.71. The number of aliphatic hydroxyl groups is 1. The van der Waals surface area contributed by atoms with E-state index in [9.17, 15) is 18.3 Å². The van der Waals surface area contributed by atoms with Gasteiger partial charge in [-0.2, -0.15) is 22.8 Å². The number of nitrogens with zero attached hydrogens (tertiary/aromatic N) is 3. The molecule has 0 saturated carbocycles. The summed E-state index contributed by atoms with van der Waals surface area (Å²) in [4.78, 5) is 21.7. The van der Waals surface area contributed by atoms with Gasteiger partial charge in [-0.3, -0.25) is 4.79 Å². The third-order valence-electron chi connectivity index (χ3n) is 3.25. The van der Waals surface area contributed by atoms with Crippen molar-refractivity contribution in [3.8, 4) is 0 Å². The van der Waals surface area contributed by atoms with Gasteiger partial charge in [0.25, 0.3) is 10.2 Å². The highest BCUT2D eigenvalue weighted by atomic mass is 32.2. The number of hydrogen-bond acceptors (Lipinski definition) is 9. The van der Waals surface area contributed by atoms with Crippen molar-refractivity contribution in [1.29, 1.82) is 0 Å². The van der Waals surface area contributed by atoms with Crippen LogP contribution < -0.4 is 15.2 Å². The van der Waals surface area contributed by atoms with E-state index in [4.69, 9.17) is 15.4 Å². The molecular formula is C12H19N7O6S. The third-order valence-corrected chi connectivity index (χ3v) is 4.34. The van der Waals surface area contributed by atoms with E-state index >= 15 is 0 Å². The molecule has 26 heavy (non-hydrogen) atoms. The van der Waals surface area contributed by atoms with Crippen molar-refractivity contribution in [1.82, 2.24) is 29.6 Å². The Morgan fingerprint density at radius 3 is 2.81 bits per heavy atom. The maximum atomic E-state index is 11.9. The Balaban J connectivity index is 1.93. The van der Waals surface area contributed by atoms with Gasteiger partial charge in [0, 0.05) is 18.3 Å². The maximum Gasteiger partial charge on any atom is 0.324 e. The van der Waals surface area contributed by atoms with Crippen molar-refractivity contribution in [3.05, 3.63) is 29.9 Å². The number of aromatic amines is 1. The summed E-state index contributed by atoms with van der Waals surface area (Å²) in [7, 11) is -4.23. The lowest BCUT2D eigenvalue weighted by Crippen LogP contribution is -2.51. The van der Waals surface area contributed by atoms with E-state index in [1.54, 1.807) is 6.20 Å². The number of nitrogens with one attached hydrogen (secondary N) is 3. The maximum absolute atomic E-state index is 11.9. The number of H-pyrrole nitrogens is 1. The molecule has 0 aromatic carbocycles. The lowest BCUT2D eigenvalue weighted by Gasteiger charge is -2.16. The molecule has 7 N–H and O–H groups in total. The highest BCUT2D eigenvalue weighted by molar-refractivity contribution is 7.87. The summed E-state index contributed by atoms with van der Waals surface area (Å²) in [6.07, 6.45) is 2.05. The van der Waals surface area contributed by atoms with Crippen LogP contribution in [0.3, 0.4) is 0 Å². The molecule has 0 radical (unpaired) electrons. The van der Waals surface area contributed by atoms with Gasteiger partial charge in [-0.25, -0.2) is 4.98 Å². The Hall–Kier alpha value is -2.39. The first-order valence-electron chi connectivity index (χ1n) is 7.41. The summed E-state index contributed by atoms with van der Waals surface area (Å²) in [5.74, 6) is -1.40. The first-order chi connectivity index (χ1) is 12.2. The average molecular weight is 389 g/mol. The van der Waals surface area contributed by atoms with Crippen LogP contribution in [0.2, 0.25) is 0 Å². The van der Waals surface area contributed by atoms with Crippen LogP contribution in [0, 0.1) is 0 Å². The number of aromatic nitrogens is 4. The van der Waals surface area contributed by atoms with Gasteiger partial charge in [-0.05, 0) is 6.92 Å². The summed E-state index contributed by atoms with van der Waals surface area (Å²) in [6, 6.07) is -2.29. The molecule has 2 rings (SSSR count). The van der Waals surface area contributed by atoms with Crippen LogP contribution in [0.15, 0.2) is 17.0 Å². The number of rotatable bonds is 10. The van der Waals surface area contributed by atoms with Gasteiger partial charge in [0.2, 0.25) is 5.89 Å². The van der Waals surface area contributed by atoms with Crippen LogP contribution in [-0.2, 0) is 28.0 Å². The zero-order chi connectivity index (χ0) is 19.3. The minimum absolute atomic E-state index is 0.0608. The molecule has 3 atom stereocenters. The number of carboxylic acids is 1. The molecule has 0 amide bonds. The van der Waals surface area contributed by atoms with Crippen molar-refractivity contribution in [2.75, 3.05) is 0 Å². The first-order valence-corrected chi connectivity index (χ1v) is 8.89. The van der Waals surface area contributed by atoms with Gasteiger partial charge in [-0.15, -0.1) is 0 Å². The second-order valence-electron chi connectivity index (χ2n) is 5.43. The van der Waals surface area contributed by atoms with Gasteiger partial charge >= 0.3 is 5.97 Å². The van der Waals surface area contributed by atoms with Crippen molar-refractivity contribution in [2.24, 2.45) is 5.73 Å². The molecule has 2 heterocycles. The first kappa shape index (κ1) is 19.9. The fourth-order valence-corrected chi connectivity index (χ4v) is 2.96. The predicted molar refractivity (Wildman–Crippen MR) is 85.5 cm³/mol. The molecule has 0 bridgehead atoms. The van der Waals surface area contributed by atoms with Crippen LogP contribution in [0.4, 0.5) is 0 Å². The van der Waals surface area contributed by atoms with E-state index in [0.717, 1.165) is 12.6 Å². The van der Waals surface area contributed by atoms with Crippen molar-refractivity contribution >= 4 is 16.2 Å². The number of hydrogen-bond donors (Lipinski definition) is 6. The van der Waals surface area contributed by atoms with Gasteiger partial charge < -0.3 is 25.5 Å². The summed E-state index contributed by atoms with van der Waals surface area (Å²) in [5, 5.41) is 21.9. The molecule has 13 nitrogen and oxygen atoms in total. The van der Waals surface area contributed by atoms with Crippen LogP contribution in [0.1, 0.15) is 30.4 Å². The summed E-state index contributed by atoms with van der Waals surface area (Å²) >= 11 is 0. The number of aliphatic carboxylic acids is 1. The number of carboxylic acid groups (broad SMARTS) is 1. The normalized spacial score (nSPS) is 15.5. The average Bonchev–Trinajstić information content (AvgIpc) is 3.21. The summed E-state index contributed by atoms with van der Waals surface area (Å²) < 4.78 is 32.5. The highest BCUT2D eigenvalue weighted by Gasteiger charge is 2.28. The smallest absolute Gasteiger partial charge is 0.324 e. The SMILES string of the molecule is CC(O)C(NS(=O)(=O)NCc1nc([C@@H](N)Cc2cnc[nH]2)no1)C(=O)O. The number of aliphatic hydroxyl groups excluding tert-OH is 1. The molecule has 2 aromatic rings. The lowest BCUT2D eigenvalue weighted by molar-refractivity contribution is -0.141. The Morgan fingerprint density at radius 2 is 2.23 bits per heavy atom. The molecule has 0 aliphatic carbocycles. The van der Waals surface area contributed by atoms with Crippen LogP contribution in [0.5, 0.6) is 0 Å². The van der Waals surface area contributed by atoms with E-state index in [1.807, 2.05) is 9.44 Å². The third kappa shape index (κ3) is 5.57. The molecule has 2 unspecified atom stereocenters. The van der Waals surface area contributed by atoms with E-state index < -0.39 is 34.4 Å². The quantitative estimate of drug-likeness (QED) is 0.258. The molecule has 0 aliphatic rings. The zero-order valence-corrected chi connectivity index (χ0v) is 14.5. The summed E-state index contributed by atoms with van der Waals surface area (Å²) in [6.45, 7) is 0.762. The van der Waals surface area contributed by atoms with E-state index in [0.29, 0.717) is 6.42 Å². The molecule has 0 fully saturated rings. The van der Waals surface area contributed by atoms with Crippen molar-refractivity contribution in [2.45, 2.75) is 38.1 Å². The van der Waals surface area contributed by atoms with Gasteiger partial charge in [-0.1, -0.05) is 5.16 Å². The Morgan fingerprint density at radius 1 is 1.50 bits per heavy atom. The molecule has 14 heteroatoms. The second kappa shape index (κ2) is 8.33. The molecule has 0 saturated heterocycles. The van der Waals surface area contributed by atoms with E-state index in [-0.39, 0.29) is 18.3 Å². The molecule has 144 valence electrons. The topological polar surface area (TPSA) is 209 Å². The van der Waals surface area contributed by atoms with Crippen molar-refractivity contribution < 1.29 is 27.9 Å². The van der Waals surface area contributed by atoms with Gasteiger partial charge in [0.1, 0.15) is 6.04 Å². The zero-order valence-electron chi connectivity index (χ0n) is 13.7. The predicted octanol–water partition coefficient (Wildman–Crippen LogP) is -2.21. The standard InChI is InChI=1S/C12H19N7O6S/c1-6(20)10(12(21)22)19-26(23,24)16-4-9-17-11(18-25-9)8(13)2-7-3-14-5-15-7/h3,5-6,8,10,16,19-20H,2,4,13H2,1H3,(H,14,15)(H,21,22)/t6?,8-,10?/m0/s1. The van der Waals surface area contributed by atoms with Gasteiger partial charge in [0.05, 0.1) is 25.0 Å². The van der Waals surface area contributed by atoms with E-state index in [2.05, 4.69) is 20.1 Å². The Bertz CT molecular complexity index is 819. The van der Waals surface area contributed by atoms with Gasteiger partial charge in [0.15, 0.2) is 5.82 Å². The van der Waals surface area contributed by atoms with Crippen LogP contribution >= 0.6 is 0 Å². The van der Waals surface area contributed by atoms with Crippen LogP contribution in [0.25, 0.3) is 0 Å². The molecule has 0 aliphatic heterocycles. The molecule has 2 aromatic heterocycles. The number of imidazole rings is 1. The monoisotopic (exact) mass is 389 g/mol. The minimum Gasteiger partial charge on any atom is -0.480 e. The second-order valence-corrected chi connectivity index (χ2v) is 6.96. The number of nitrogens with two attached hydrogens (primary N) is 1. The van der Waals surface area contributed by atoms with Crippen molar-refractivity contribution in [3.63, 3.8) is 0 Å². The Labute approximate surface area is 148 Å². The minimum atomic E-state index is -4.23. The fourth-order valence-electron chi connectivity index (χ4n) is 1.94. The van der Waals surface area contributed by atoms with E-state index in [1.165, 1.54) is 6.33 Å². The fraction of sp³-hybridized carbons (Fsp3) is 0.500. The Kier molecular flexibility index (Phi) is 6.38.